The number of hydrogen-bond donors (Lipinski definition) is 1. The number of carbonyl (C=O) groups excluding carboxylic acids is 1. The smallest absolute Gasteiger partial charge is 0.174 e. The summed E-state index contributed by atoms with van der Waals surface area (Å²) in [6.07, 6.45) is 1.89. The molecule has 4 aliphatic rings. The molecule has 1 N–H and O–H groups in total. The van der Waals surface area contributed by atoms with E-state index in [1.165, 1.54) is 5.56 Å². The standard InChI is InChI=1S/C18H21NO4/c1-19-8-7-17-14-10-3-4-12(22-2)15(14)23-16(17)11(20)5-6-18(17,21)13(19)9-10/h3-4,13,16,21H,5-9H2,1-2H3/t13?,16?,17-,18?/m1/s1. The van der Waals surface area contributed by atoms with Crippen molar-refractivity contribution in [2.24, 2.45) is 0 Å². The Balaban J connectivity index is 1.86. The highest BCUT2D eigenvalue weighted by Crippen LogP contribution is 2.64. The second-order valence-electron chi connectivity index (χ2n) is 7.44. The fourth-order valence-electron chi connectivity index (χ4n) is 5.69. The number of likely N-dealkylation sites (tertiary alicyclic amines) is 1. The number of ether oxygens (including phenoxy) is 2. The van der Waals surface area contributed by atoms with Crippen molar-refractivity contribution in [3.05, 3.63) is 23.3 Å². The van der Waals surface area contributed by atoms with Crippen LogP contribution in [0.2, 0.25) is 0 Å². The van der Waals surface area contributed by atoms with Crippen molar-refractivity contribution >= 4 is 5.78 Å². The maximum Gasteiger partial charge on any atom is 0.174 e. The summed E-state index contributed by atoms with van der Waals surface area (Å²) in [5.74, 6) is 1.47. The highest BCUT2D eigenvalue weighted by molar-refractivity contribution is 5.90. The molecule has 2 aliphatic heterocycles. The van der Waals surface area contributed by atoms with Crippen LogP contribution in [-0.2, 0) is 16.6 Å². The monoisotopic (exact) mass is 315 g/mol. The summed E-state index contributed by atoms with van der Waals surface area (Å²) in [6.45, 7) is 0.871. The Morgan fingerprint density at radius 3 is 3.00 bits per heavy atom. The van der Waals surface area contributed by atoms with E-state index in [1.807, 2.05) is 6.07 Å². The van der Waals surface area contributed by atoms with Crippen molar-refractivity contribution in [1.82, 2.24) is 4.90 Å². The molecular formula is C18H21NO4. The maximum atomic E-state index is 12.7. The molecule has 1 saturated heterocycles. The van der Waals surface area contributed by atoms with Crippen molar-refractivity contribution < 1.29 is 19.4 Å². The molecule has 2 heterocycles. The van der Waals surface area contributed by atoms with E-state index >= 15 is 0 Å². The largest absolute Gasteiger partial charge is 0.493 e. The second-order valence-corrected chi connectivity index (χ2v) is 7.44. The van der Waals surface area contributed by atoms with Crippen LogP contribution in [0.3, 0.4) is 0 Å². The van der Waals surface area contributed by atoms with E-state index in [-0.39, 0.29) is 11.8 Å². The molecule has 1 spiro atoms. The van der Waals surface area contributed by atoms with Gasteiger partial charge >= 0.3 is 0 Å². The van der Waals surface area contributed by atoms with E-state index in [2.05, 4.69) is 18.0 Å². The molecule has 122 valence electrons. The third kappa shape index (κ3) is 1.32. The first-order valence-electron chi connectivity index (χ1n) is 8.35. The first-order chi connectivity index (χ1) is 11.0. The minimum atomic E-state index is -0.900. The van der Waals surface area contributed by atoms with E-state index in [9.17, 15) is 9.90 Å². The molecule has 5 nitrogen and oxygen atoms in total. The Bertz CT molecular complexity index is 732. The lowest BCUT2D eigenvalue weighted by Crippen LogP contribution is -2.76. The number of aliphatic hydroxyl groups is 1. The molecule has 0 aromatic heterocycles. The van der Waals surface area contributed by atoms with E-state index in [0.29, 0.717) is 24.3 Å². The summed E-state index contributed by atoms with van der Waals surface area (Å²) in [5.41, 5.74) is 0.737. The Hall–Kier alpha value is -1.59. The van der Waals surface area contributed by atoms with Gasteiger partial charge in [-0.05, 0) is 44.5 Å². The molecule has 3 unspecified atom stereocenters. The van der Waals surface area contributed by atoms with E-state index in [4.69, 9.17) is 9.47 Å². The molecule has 1 aromatic rings. The SMILES string of the molecule is COc1ccc2c3c1OC1C(=O)CCC4(O)C(C2)N(C)CC[C@@]314. The number of ketones is 1. The number of rotatable bonds is 1. The number of benzene rings is 1. The van der Waals surface area contributed by atoms with Crippen LogP contribution >= 0.6 is 0 Å². The summed E-state index contributed by atoms with van der Waals surface area (Å²) in [6, 6.07) is 4.05. The Morgan fingerprint density at radius 1 is 1.39 bits per heavy atom. The number of hydrogen-bond acceptors (Lipinski definition) is 5. The minimum Gasteiger partial charge on any atom is -0.493 e. The molecule has 0 radical (unpaired) electrons. The fraction of sp³-hybridized carbons (Fsp3) is 0.611. The van der Waals surface area contributed by atoms with Gasteiger partial charge in [0.25, 0.3) is 0 Å². The molecule has 4 atom stereocenters. The number of carbonyl (C=O) groups is 1. The minimum absolute atomic E-state index is 0.0438. The summed E-state index contributed by atoms with van der Waals surface area (Å²) in [5, 5.41) is 11.7. The lowest BCUT2D eigenvalue weighted by Gasteiger charge is -2.62. The van der Waals surface area contributed by atoms with Gasteiger partial charge in [-0.3, -0.25) is 4.79 Å². The Morgan fingerprint density at radius 2 is 2.22 bits per heavy atom. The van der Waals surface area contributed by atoms with Crippen LogP contribution in [0.5, 0.6) is 11.5 Å². The summed E-state index contributed by atoms with van der Waals surface area (Å²) in [4.78, 5) is 14.9. The number of piperidine rings is 1. The van der Waals surface area contributed by atoms with E-state index < -0.39 is 17.1 Å². The molecule has 23 heavy (non-hydrogen) atoms. The van der Waals surface area contributed by atoms with Crippen LogP contribution in [0.25, 0.3) is 0 Å². The topological polar surface area (TPSA) is 59.0 Å². The van der Waals surface area contributed by atoms with Crippen LogP contribution in [-0.4, -0.2) is 54.2 Å². The predicted molar refractivity (Wildman–Crippen MR) is 83.0 cm³/mol. The molecule has 5 heteroatoms. The van der Waals surface area contributed by atoms with Gasteiger partial charge < -0.3 is 19.5 Å². The zero-order chi connectivity index (χ0) is 16.0. The van der Waals surface area contributed by atoms with Gasteiger partial charge in [-0.2, -0.15) is 0 Å². The highest BCUT2D eigenvalue weighted by Gasteiger charge is 2.72. The zero-order valence-electron chi connectivity index (χ0n) is 13.5. The van der Waals surface area contributed by atoms with Crippen molar-refractivity contribution in [2.45, 2.75) is 48.8 Å². The van der Waals surface area contributed by atoms with E-state index in [1.54, 1.807) is 7.11 Å². The van der Waals surface area contributed by atoms with Gasteiger partial charge in [0.2, 0.25) is 0 Å². The van der Waals surface area contributed by atoms with Gasteiger partial charge in [-0.15, -0.1) is 0 Å². The normalized spacial score (nSPS) is 40.6. The van der Waals surface area contributed by atoms with Gasteiger partial charge in [-0.25, -0.2) is 0 Å². The first-order valence-corrected chi connectivity index (χ1v) is 8.35. The number of methoxy groups -OCH3 is 1. The quantitative estimate of drug-likeness (QED) is 0.839. The van der Waals surface area contributed by atoms with Gasteiger partial charge in [0.15, 0.2) is 23.4 Å². The molecule has 0 amide bonds. The third-order valence-corrected chi connectivity index (χ3v) is 6.73. The van der Waals surface area contributed by atoms with Crippen LogP contribution in [0.15, 0.2) is 12.1 Å². The summed E-state index contributed by atoms with van der Waals surface area (Å²) < 4.78 is 11.6. The van der Waals surface area contributed by atoms with Crippen molar-refractivity contribution in [2.75, 3.05) is 20.7 Å². The lowest BCUT2D eigenvalue weighted by atomic mass is 9.49. The van der Waals surface area contributed by atoms with Crippen LogP contribution in [0.1, 0.15) is 30.4 Å². The number of nitrogens with zero attached hydrogens (tertiary/aromatic N) is 1. The van der Waals surface area contributed by atoms with Crippen molar-refractivity contribution in [1.29, 1.82) is 0 Å². The molecule has 1 aromatic carbocycles. The summed E-state index contributed by atoms with van der Waals surface area (Å²) >= 11 is 0. The average Bonchev–Trinajstić information content (AvgIpc) is 2.90. The van der Waals surface area contributed by atoms with Crippen molar-refractivity contribution in [3.63, 3.8) is 0 Å². The van der Waals surface area contributed by atoms with Gasteiger partial charge in [0.05, 0.1) is 18.1 Å². The van der Waals surface area contributed by atoms with Gasteiger partial charge in [-0.1, -0.05) is 6.07 Å². The first kappa shape index (κ1) is 13.8. The molecule has 5 rings (SSSR count). The molecule has 2 aliphatic carbocycles. The second kappa shape index (κ2) is 4.08. The van der Waals surface area contributed by atoms with Crippen LogP contribution < -0.4 is 9.47 Å². The van der Waals surface area contributed by atoms with E-state index in [0.717, 1.165) is 24.9 Å². The van der Waals surface area contributed by atoms with Crippen molar-refractivity contribution in [3.8, 4) is 11.5 Å². The van der Waals surface area contributed by atoms with Crippen LogP contribution in [0.4, 0.5) is 0 Å². The molecule has 2 fully saturated rings. The average molecular weight is 315 g/mol. The zero-order valence-corrected chi connectivity index (χ0v) is 13.5. The maximum absolute atomic E-state index is 12.7. The predicted octanol–water partition coefficient (Wildman–Crippen LogP) is 1.05. The third-order valence-electron chi connectivity index (χ3n) is 6.73. The summed E-state index contributed by atoms with van der Waals surface area (Å²) in [7, 11) is 3.70. The van der Waals surface area contributed by atoms with Crippen LogP contribution in [0, 0.1) is 0 Å². The molecule has 2 bridgehead atoms. The Kier molecular flexibility index (Phi) is 2.45. The lowest BCUT2D eigenvalue weighted by molar-refractivity contribution is -0.185. The van der Waals surface area contributed by atoms with Gasteiger partial charge in [0, 0.05) is 18.0 Å². The molecule has 1 saturated carbocycles. The fourth-order valence-corrected chi connectivity index (χ4v) is 5.69. The van der Waals surface area contributed by atoms with Gasteiger partial charge in [0.1, 0.15) is 0 Å². The Labute approximate surface area is 135 Å². The molecular weight excluding hydrogens is 294 g/mol. The number of likely N-dealkylation sites (N-methyl/N-ethyl adjacent to an activating group) is 1. The number of Topliss-reactive ketones (excluding diaryl/α,β-unsaturated/α-hetero) is 1. The highest BCUT2D eigenvalue weighted by atomic mass is 16.5.